The Labute approximate surface area is 175 Å². The van der Waals surface area contributed by atoms with Gasteiger partial charge in [-0.15, -0.1) is 0 Å². The third-order valence-corrected chi connectivity index (χ3v) is 6.79. The van der Waals surface area contributed by atoms with Crippen molar-refractivity contribution in [2.75, 3.05) is 16.8 Å². The lowest BCUT2D eigenvalue weighted by Crippen LogP contribution is -2.36. The van der Waals surface area contributed by atoms with E-state index in [0.717, 1.165) is 24.1 Å². The highest BCUT2D eigenvalue weighted by Crippen LogP contribution is 2.39. The van der Waals surface area contributed by atoms with Gasteiger partial charge in [0.1, 0.15) is 0 Å². The summed E-state index contributed by atoms with van der Waals surface area (Å²) in [7, 11) is -3.76. The Morgan fingerprint density at radius 1 is 1.23 bits per heavy atom. The number of hydrogen-bond acceptors (Lipinski definition) is 5. The van der Waals surface area contributed by atoms with Crippen LogP contribution in [0.1, 0.15) is 31.7 Å². The summed E-state index contributed by atoms with van der Waals surface area (Å²) in [5.41, 5.74) is 2.21. The zero-order chi connectivity index (χ0) is 21.3. The maximum Gasteiger partial charge on any atom is 0.240 e. The first kappa shape index (κ1) is 20.5. The van der Waals surface area contributed by atoms with Crippen LogP contribution in [0.5, 0.6) is 0 Å². The Balaban J connectivity index is 1.38. The number of pyridine rings is 1. The van der Waals surface area contributed by atoms with Crippen molar-refractivity contribution in [3.05, 3.63) is 48.3 Å². The van der Waals surface area contributed by atoms with E-state index in [-0.39, 0.29) is 41.6 Å². The molecule has 1 aromatic carbocycles. The number of nitrogens with zero attached hydrogens (tertiary/aromatic N) is 2. The number of rotatable bonds is 7. The number of hydrogen-bond donors (Lipinski definition) is 2. The molecular formula is C21H24N4O4S. The Morgan fingerprint density at radius 2 is 2.03 bits per heavy atom. The molecule has 2 amide bonds. The average Bonchev–Trinajstić information content (AvgIpc) is 3.50. The fourth-order valence-electron chi connectivity index (χ4n) is 3.68. The van der Waals surface area contributed by atoms with E-state index in [9.17, 15) is 18.0 Å². The van der Waals surface area contributed by atoms with Crippen molar-refractivity contribution in [3.63, 3.8) is 0 Å². The lowest BCUT2D eigenvalue weighted by molar-refractivity contribution is -0.120. The van der Waals surface area contributed by atoms with Gasteiger partial charge >= 0.3 is 0 Å². The molecule has 1 atom stereocenters. The number of amides is 2. The van der Waals surface area contributed by atoms with E-state index in [1.807, 2.05) is 6.92 Å². The van der Waals surface area contributed by atoms with Crippen molar-refractivity contribution in [3.8, 4) is 0 Å². The standard InChI is InChI=1S/C21H24N4O4S/c1-14-11-16-12-18(6-7-19(16)25(14)21(27)15-4-5-15)30(28,29)23-10-8-20(26)24-17-3-2-9-22-13-17/h2-3,6-7,9,12-15,23H,4-5,8,10-11H2,1H3,(H,24,26)/t14-/m1/s1. The van der Waals surface area contributed by atoms with Crippen LogP contribution in [0.25, 0.3) is 0 Å². The molecule has 1 aliphatic carbocycles. The molecule has 2 aliphatic rings. The summed E-state index contributed by atoms with van der Waals surface area (Å²) in [5.74, 6) is -0.0568. The first-order valence-corrected chi connectivity index (χ1v) is 11.5. The van der Waals surface area contributed by atoms with Gasteiger partial charge in [0.2, 0.25) is 21.8 Å². The van der Waals surface area contributed by atoms with E-state index >= 15 is 0 Å². The van der Waals surface area contributed by atoms with E-state index in [0.29, 0.717) is 12.1 Å². The van der Waals surface area contributed by atoms with Gasteiger partial charge in [-0.3, -0.25) is 14.6 Å². The Hall–Kier alpha value is -2.78. The summed E-state index contributed by atoms with van der Waals surface area (Å²) in [4.78, 5) is 30.4. The number of nitrogens with one attached hydrogen (secondary N) is 2. The van der Waals surface area contributed by atoms with Gasteiger partial charge in [0, 0.05) is 36.8 Å². The molecule has 0 spiro atoms. The van der Waals surface area contributed by atoms with Crippen molar-refractivity contribution in [1.29, 1.82) is 0 Å². The van der Waals surface area contributed by atoms with Gasteiger partial charge in [0.15, 0.2) is 0 Å². The maximum atomic E-state index is 12.7. The zero-order valence-corrected chi connectivity index (χ0v) is 17.5. The summed E-state index contributed by atoms with van der Waals surface area (Å²) in [6, 6.07) is 8.29. The molecule has 0 saturated heterocycles. The Bertz CT molecular complexity index is 1070. The maximum absolute atomic E-state index is 12.7. The molecule has 2 aromatic rings. The second-order valence-corrected chi connectivity index (χ2v) is 9.53. The number of aromatic nitrogens is 1. The van der Waals surface area contributed by atoms with Crippen molar-refractivity contribution >= 4 is 33.2 Å². The van der Waals surface area contributed by atoms with E-state index in [4.69, 9.17) is 0 Å². The largest absolute Gasteiger partial charge is 0.325 e. The second-order valence-electron chi connectivity index (χ2n) is 7.76. The lowest BCUT2D eigenvalue weighted by atomic mass is 10.1. The smallest absolute Gasteiger partial charge is 0.240 e. The van der Waals surface area contributed by atoms with Gasteiger partial charge in [-0.2, -0.15) is 0 Å². The minimum absolute atomic E-state index is 0.000231. The minimum atomic E-state index is -3.76. The molecule has 30 heavy (non-hydrogen) atoms. The highest BCUT2D eigenvalue weighted by atomic mass is 32.2. The van der Waals surface area contributed by atoms with Crippen LogP contribution in [0.3, 0.4) is 0 Å². The molecule has 4 rings (SSSR count). The number of fused-ring (bicyclic) bond motifs is 1. The fraction of sp³-hybridized carbons (Fsp3) is 0.381. The molecule has 9 heteroatoms. The molecule has 8 nitrogen and oxygen atoms in total. The van der Waals surface area contributed by atoms with E-state index in [1.54, 1.807) is 35.4 Å². The number of benzene rings is 1. The van der Waals surface area contributed by atoms with Gasteiger partial charge in [0.05, 0.1) is 16.8 Å². The van der Waals surface area contributed by atoms with Crippen LogP contribution < -0.4 is 14.9 Å². The molecule has 158 valence electrons. The number of carbonyl (C=O) groups is 2. The van der Waals surface area contributed by atoms with Crippen molar-refractivity contribution < 1.29 is 18.0 Å². The Kier molecular flexibility index (Phi) is 5.57. The molecule has 0 radical (unpaired) electrons. The predicted octanol–water partition coefficient (Wildman–Crippen LogP) is 2.08. The Morgan fingerprint density at radius 3 is 2.73 bits per heavy atom. The highest BCUT2D eigenvalue weighted by molar-refractivity contribution is 7.89. The van der Waals surface area contributed by atoms with E-state index < -0.39 is 10.0 Å². The molecule has 0 unspecified atom stereocenters. The van der Waals surface area contributed by atoms with Gasteiger partial charge in [0.25, 0.3) is 0 Å². The monoisotopic (exact) mass is 428 g/mol. The van der Waals surface area contributed by atoms with Crippen LogP contribution in [0.15, 0.2) is 47.6 Å². The van der Waals surface area contributed by atoms with Gasteiger partial charge < -0.3 is 10.2 Å². The van der Waals surface area contributed by atoms with Crippen LogP contribution in [0, 0.1) is 5.92 Å². The van der Waals surface area contributed by atoms with Gasteiger partial charge in [-0.1, -0.05) is 0 Å². The highest BCUT2D eigenvalue weighted by Gasteiger charge is 2.39. The quantitative estimate of drug-likeness (QED) is 0.702. The first-order chi connectivity index (χ1) is 14.3. The first-order valence-electron chi connectivity index (χ1n) is 10.0. The molecule has 2 N–H and O–H groups in total. The molecular weight excluding hydrogens is 404 g/mol. The van der Waals surface area contributed by atoms with Crippen LogP contribution in [0.2, 0.25) is 0 Å². The molecule has 1 saturated carbocycles. The average molecular weight is 429 g/mol. The molecule has 2 heterocycles. The SMILES string of the molecule is C[C@@H]1Cc2cc(S(=O)(=O)NCCC(=O)Nc3cccnc3)ccc2N1C(=O)C1CC1. The normalized spacial score (nSPS) is 18.2. The van der Waals surface area contributed by atoms with Crippen LogP contribution in [-0.4, -0.2) is 37.8 Å². The third kappa shape index (κ3) is 4.36. The topological polar surface area (TPSA) is 108 Å². The lowest BCUT2D eigenvalue weighted by Gasteiger charge is -2.22. The molecule has 1 aliphatic heterocycles. The summed E-state index contributed by atoms with van der Waals surface area (Å²) < 4.78 is 27.8. The predicted molar refractivity (Wildman–Crippen MR) is 112 cm³/mol. The second kappa shape index (κ2) is 8.16. The van der Waals surface area contributed by atoms with Crippen molar-refractivity contribution in [2.45, 2.75) is 43.5 Å². The molecule has 1 fully saturated rings. The fourth-order valence-corrected chi connectivity index (χ4v) is 4.76. The molecule has 0 bridgehead atoms. The van der Waals surface area contributed by atoms with Gasteiger partial charge in [-0.25, -0.2) is 13.1 Å². The van der Waals surface area contributed by atoms with Crippen molar-refractivity contribution in [2.24, 2.45) is 5.92 Å². The number of sulfonamides is 1. The van der Waals surface area contributed by atoms with Crippen LogP contribution in [-0.2, 0) is 26.0 Å². The third-order valence-electron chi connectivity index (χ3n) is 5.33. The zero-order valence-electron chi connectivity index (χ0n) is 16.7. The van der Waals surface area contributed by atoms with Crippen molar-refractivity contribution in [1.82, 2.24) is 9.71 Å². The van der Waals surface area contributed by atoms with E-state index in [1.165, 1.54) is 12.3 Å². The molecule has 1 aromatic heterocycles. The number of anilines is 2. The summed E-state index contributed by atoms with van der Waals surface area (Å²) in [6.07, 6.45) is 5.61. The minimum Gasteiger partial charge on any atom is -0.325 e. The summed E-state index contributed by atoms with van der Waals surface area (Å²) in [5, 5.41) is 2.66. The van der Waals surface area contributed by atoms with Gasteiger partial charge in [-0.05, 0) is 62.1 Å². The van der Waals surface area contributed by atoms with E-state index in [2.05, 4.69) is 15.0 Å². The van der Waals surface area contributed by atoms with Crippen LogP contribution in [0.4, 0.5) is 11.4 Å². The summed E-state index contributed by atoms with van der Waals surface area (Å²) >= 11 is 0. The van der Waals surface area contributed by atoms with Crippen LogP contribution >= 0.6 is 0 Å². The number of carbonyl (C=O) groups excluding carboxylic acids is 2. The summed E-state index contributed by atoms with van der Waals surface area (Å²) in [6.45, 7) is 1.96.